The molecule has 0 aromatic carbocycles. The summed E-state index contributed by atoms with van der Waals surface area (Å²) in [5.74, 6) is 1.15. The van der Waals surface area contributed by atoms with E-state index >= 15 is 0 Å². The van der Waals surface area contributed by atoms with Crippen LogP contribution in [0.15, 0.2) is 11.0 Å². The zero-order valence-electron chi connectivity index (χ0n) is 12.8. The average molecular weight is 314 g/mol. The van der Waals surface area contributed by atoms with Crippen molar-refractivity contribution in [3.63, 3.8) is 0 Å². The fourth-order valence-corrected chi connectivity index (χ4v) is 2.21. The van der Waals surface area contributed by atoms with E-state index in [4.69, 9.17) is 16.3 Å². The van der Waals surface area contributed by atoms with E-state index in [-0.39, 0.29) is 10.6 Å². The van der Waals surface area contributed by atoms with E-state index in [1.165, 1.54) is 17.5 Å². The van der Waals surface area contributed by atoms with Gasteiger partial charge in [0.05, 0.1) is 11.9 Å². The number of halogens is 1. The third-order valence-corrected chi connectivity index (χ3v) is 3.72. The highest BCUT2D eigenvalue weighted by atomic mass is 35.5. The molecule has 1 aromatic heterocycles. The second kappa shape index (κ2) is 7.80. The molecule has 0 aliphatic heterocycles. The normalized spacial score (nSPS) is 14.7. The summed E-state index contributed by atoms with van der Waals surface area (Å²) in [7, 11) is 0. The molecule has 0 spiro atoms. The van der Waals surface area contributed by atoms with Gasteiger partial charge in [0.25, 0.3) is 5.56 Å². The summed E-state index contributed by atoms with van der Waals surface area (Å²) in [6.07, 6.45) is 5.13. The second-order valence-corrected chi connectivity index (χ2v) is 6.43. The molecule has 1 heterocycles. The van der Waals surface area contributed by atoms with Crippen LogP contribution in [-0.2, 0) is 11.3 Å². The Labute approximate surface area is 130 Å². The molecule has 2 rings (SSSR count). The van der Waals surface area contributed by atoms with E-state index in [9.17, 15) is 4.79 Å². The van der Waals surface area contributed by atoms with Crippen molar-refractivity contribution in [1.29, 1.82) is 0 Å². The van der Waals surface area contributed by atoms with Crippen molar-refractivity contribution in [3.8, 4) is 0 Å². The minimum absolute atomic E-state index is 0.213. The zero-order chi connectivity index (χ0) is 15.2. The van der Waals surface area contributed by atoms with Gasteiger partial charge in [-0.15, -0.1) is 0 Å². The minimum atomic E-state index is -0.236. The van der Waals surface area contributed by atoms with Gasteiger partial charge in [0.2, 0.25) is 0 Å². The lowest BCUT2D eigenvalue weighted by molar-refractivity contribution is 0.124. The van der Waals surface area contributed by atoms with Crippen LogP contribution in [0.4, 0.5) is 5.69 Å². The Morgan fingerprint density at radius 1 is 1.52 bits per heavy atom. The van der Waals surface area contributed by atoms with Gasteiger partial charge in [0, 0.05) is 26.3 Å². The molecule has 0 amide bonds. The third kappa shape index (κ3) is 5.32. The molecule has 6 heteroatoms. The monoisotopic (exact) mass is 313 g/mol. The SMILES string of the molecule is CC(C)Cn1ncc(NCCCOCC2CC2)c(Cl)c1=O. The zero-order valence-corrected chi connectivity index (χ0v) is 13.5. The molecule has 1 aliphatic rings. The molecular formula is C15H24ClN3O2. The van der Waals surface area contributed by atoms with Gasteiger partial charge in [-0.2, -0.15) is 5.10 Å². The summed E-state index contributed by atoms with van der Waals surface area (Å²) in [6, 6.07) is 0. The van der Waals surface area contributed by atoms with Crippen molar-refractivity contribution in [2.45, 2.75) is 39.7 Å². The van der Waals surface area contributed by atoms with Crippen LogP contribution in [0.1, 0.15) is 33.1 Å². The molecule has 1 aliphatic carbocycles. The van der Waals surface area contributed by atoms with Crippen LogP contribution >= 0.6 is 11.6 Å². The summed E-state index contributed by atoms with van der Waals surface area (Å²) >= 11 is 6.10. The lowest BCUT2D eigenvalue weighted by Crippen LogP contribution is -2.26. The number of aromatic nitrogens is 2. The predicted molar refractivity (Wildman–Crippen MR) is 85.0 cm³/mol. The number of anilines is 1. The summed E-state index contributed by atoms with van der Waals surface area (Å²) in [5, 5.41) is 7.51. The van der Waals surface area contributed by atoms with Crippen LogP contribution in [0, 0.1) is 11.8 Å². The molecule has 1 saturated carbocycles. The number of nitrogens with one attached hydrogen (secondary N) is 1. The number of ether oxygens (including phenoxy) is 1. The molecule has 0 atom stereocenters. The Morgan fingerprint density at radius 2 is 2.29 bits per heavy atom. The smallest absolute Gasteiger partial charge is 0.287 e. The number of hydrogen-bond acceptors (Lipinski definition) is 4. The Hall–Kier alpha value is -1.07. The fourth-order valence-electron chi connectivity index (χ4n) is 2.00. The Kier molecular flexibility index (Phi) is 6.06. The van der Waals surface area contributed by atoms with Gasteiger partial charge >= 0.3 is 0 Å². The second-order valence-electron chi connectivity index (χ2n) is 6.05. The third-order valence-electron chi connectivity index (χ3n) is 3.35. The standard InChI is InChI=1S/C15H24ClN3O2/c1-11(2)9-19-15(20)14(16)13(8-18-19)17-6-3-7-21-10-12-4-5-12/h8,11-12,17H,3-7,9-10H2,1-2H3. The molecule has 0 unspecified atom stereocenters. The quantitative estimate of drug-likeness (QED) is 0.712. The van der Waals surface area contributed by atoms with E-state index < -0.39 is 0 Å². The van der Waals surface area contributed by atoms with Crippen LogP contribution in [0.25, 0.3) is 0 Å². The van der Waals surface area contributed by atoms with Gasteiger partial charge < -0.3 is 10.1 Å². The van der Waals surface area contributed by atoms with E-state index in [1.807, 2.05) is 13.8 Å². The maximum atomic E-state index is 12.0. The first kappa shape index (κ1) is 16.3. The van der Waals surface area contributed by atoms with Crippen molar-refractivity contribution in [2.24, 2.45) is 11.8 Å². The van der Waals surface area contributed by atoms with Crippen molar-refractivity contribution < 1.29 is 4.74 Å². The first-order valence-corrected chi connectivity index (χ1v) is 8.03. The molecule has 1 N–H and O–H groups in total. The van der Waals surface area contributed by atoms with E-state index in [0.29, 0.717) is 18.2 Å². The van der Waals surface area contributed by atoms with Crippen molar-refractivity contribution in [1.82, 2.24) is 9.78 Å². The van der Waals surface area contributed by atoms with Crippen molar-refractivity contribution in [3.05, 3.63) is 21.6 Å². The first-order valence-electron chi connectivity index (χ1n) is 7.65. The van der Waals surface area contributed by atoms with Gasteiger partial charge in [0.1, 0.15) is 5.02 Å². The summed E-state index contributed by atoms with van der Waals surface area (Å²) < 4.78 is 6.97. The molecule has 0 saturated heterocycles. The molecule has 21 heavy (non-hydrogen) atoms. The lowest BCUT2D eigenvalue weighted by Gasteiger charge is -2.11. The number of hydrogen-bond donors (Lipinski definition) is 1. The predicted octanol–water partition coefficient (Wildman–Crippen LogP) is 2.78. The van der Waals surface area contributed by atoms with Crippen LogP contribution < -0.4 is 10.9 Å². The van der Waals surface area contributed by atoms with Crippen LogP contribution in [-0.4, -0.2) is 29.5 Å². The number of rotatable bonds is 9. The molecule has 0 radical (unpaired) electrons. The molecule has 1 aromatic rings. The van der Waals surface area contributed by atoms with Crippen LogP contribution in [0.5, 0.6) is 0 Å². The number of nitrogens with zero attached hydrogens (tertiary/aromatic N) is 2. The van der Waals surface area contributed by atoms with Crippen LogP contribution in [0.3, 0.4) is 0 Å². The Bertz CT molecular complexity index is 512. The van der Waals surface area contributed by atoms with Crippen molar-refractivity contribution >= 4 is 17.3 Å². The van der Waals surface area contributed by atoms with E-state index in [0.717, 1.165) is 32.1 Å². The van der Waals surface area contributed by atoms with Gasteiger partial charge in [-0.1, -0.05) is 25.4 Å². The summed E-state index contributed by atoms with van der Waals surface area (Å²) in [6.45, 7) is 6.99. The highest BCUT2D eigenvalue weighted by molar-refractivity contribution is 6.32. The van der Waals surface area contributed by atoms with Gasteiger partial charge in [-0.3, -0.25) is 4.79 Å². The Balaban J connectivity index is 1.77. The van der Waals surface area contributed by atoms with Gasteiger partial charge in [-0.05, 0) is 31.1 Å². The van der Waals surface area contributed by atoms with Crippen LogP contribution in [0.2, 0.25) is 5.02 Å². The molecule has 0 bridgehead atoms. The largest absolute Gasteiger partial charge is 0.382 e. The highest BCUT2D eigenvalue weighted by Crippen LogP contribution is 2.28. The molecule has 1 fully saturated rings. The maximum Gasteiger partial charge on any atom is 0.287 e. The molecule has 118 valence electrons. The maximum absolute atomic E-state index is 12.0. The highest BCUT2D eigenvalue weighted by Gasteiger charge is 2.20. The van der Waals surface area contributed by atoms with E-state index in [1.54, 1.807) is 6.20 Å². The van der Waals surface area contributed by atoms with Crippen molar-refractivity contribution in [2.75, 3.05) is 25.1 Å². The first-order chi connectivity index (χ1) is 10.1. The minimum Gasteiger partial charge on any atom is -0.382 e. The average Bonchev–Trinajstić information content (AvgIpc) is 3.25. The molecule has 5 nitrogen and oxygen atoms in total. The molecular weight excluding hydrogens is 290 g/mol. The fraction of sp³-hybridized carbons (Fsp3) is 0.733. The lowest BCUT2D eigenvalue weighted by atomic mass is 10.2. The topological polar surface area (TPSA) is 56.1 Å². The van der Waals surface area contributed by atoms with Gasteiger partial charge in [0.15, 0.2) is 0 Å². The van der Waals surface area contributed by atoms with Gasteiger partial charge in [-0.25, -0.2) is 4.68 Å². The summed E-state index contributed by atoms with van der Waals surface area (Å²) in [5.41, 5.74) is 0.365. The Morgan fingerprint density at radius 3 is 2.95 bits per heavy atom. The summed E-state index contributed by atoms with van der Waals surface area (Å²) in [4.78, 5) is 12.0. The van der Waals surface area contributed by atoms with E-state index in [2.05, 4.69) is 10.4 Å².